The van der Waals surface area contributed by atoms with E-state index in [1.807, 2.05) is 0 Å². The molecule has 0 radical (unpaired) electrons. The third-order valence-corrected chi connectivity index (χ3v) is 6.65. The Labute approximate surface area is 161 Å². The highest BCUT2D eigenvalue weighted by Crippen LogP contribution is 2.53. The van der Waals surface area contributed by atoms with Crippen molar-refractivity contribution in [2.45, 2.75) is 51.0 Å². The van der Waals surface area contributed by atoms with E-state index in [2.05, 4.69) is 11.4 Å². The number of methoxy groups -OCH3 is 1. The number of nitriles is 1. The Morgan fingerprint density at radius 2 is 1.85 bits per heavy atom. The molecule has 144 valence electrons. The van der Waals surface area contributed by atoms with Crippen LogP contribution in [0.4, 0.5) is 0 Å². The first-order valence-corrected chi connectivity index (χ1v) is 10.2. The third kappa shape index (κ3) is 3.90. The van der Waals surface area contributed by atoms with Gasteiger partial charge in [-0.25, -0.2) is 0 Å². The van der Waals surface area contributed by atoms with E-state index in [1.54, 1.807) is 25.3 Å². The fraction of sp³-hybridized carbons (Fsp3) is 0.636. The van der Waals surface area contributed by atoms with Crippen LogP contribution < -0.4 is 14.8 Å². The van der Waals surface area contributed by atoms with E-state index in [0.717, 1.165) is 11.8 Å². The number of hydrogen-bond acceptors (Lipinski definition) is 4. The van der Waals surface area contributed by atoms with Crippen molar-refractivity contribution < 1.29 is 14.3 Å². The fourth-order valence-corrected chi connectivity index (χ4v) is 5.69. The van der Waals surface area contributed by atoms with Gasteiger partial charge in [-0.3, -0.25) is 4.79 Å². The van der Waals surface area contributed by atoms with Crippen molar-refractivity contribution >= 4 is 5.91 Å². The van der Waals surface area contributed by atoms with E-state index in [9.17, 15) is 4.79 Å². The van der Waals surface area contributed by atoms with Crippen LogP contribution in [0.2, 0.25) is 0 Å². The largest absolute Gasteiger partial charge is 0.493 e. The molecule has 1 aromatic carbocycles. The van der Waals surface area contributed by atoms with Crippen molar-refractivity contribution in [3.63, 3.8) is 0 Å². The Kier molecular flexibility index (Phi) is 5.24. The summed E-state index contributed by atoms with van der Waals surface area (Å²) in [6, 6.07) is 7.60. The maximum atomic E-state index is 12.4. The molecule has 0 spiro atoms. The van der Waals surface area contributed by atoms with Gasteiger partial charge >= 0.3 is 0 Å². The summed E-state index contributed by atoms with van der Waals surface area (Å²) < 4.78 is 11.0. The Hall–Kier alpha value is -2.22. The Bertz CT molecular complexity index is 712. The zero-order valence-corrected chi connectivity index (χ0v) is 15.9. The lowest BCUT2D eigenvalue weighted by atomic mass is 9.54. The second kappa shape index (κ2) is 7.80. The topological polar surface area (TPSA) is 71.3 Å². The van der Waals surface area contributed by atoms with Gasteiger partial charge in [-0.05, 0) is 74.3 Å². The molecule has 0 atom stereocenters. The molecule has 1 aromatic rings. The van der Waals surface area contributed by atoms with Crippen LogP contribution in [0, 0.1) is 35.0 Å². The number of carbonyl (C=O) groups excluding carboxylic acids is 1. The van der Waals surface area contributed by atoms with Gasteiger partial charge in [-0.2, -0.15) is 5.26 Å². The van der Waals surface area contributed by atoms with Gasteiger partial charge in [0.15, 0.2) is 11.5 Å². The number of carbonyl (C=O) groups is 1. The van der Waals surface area contributed by atoms with Gasteiger partial charge < -0.3 is 14.8 Å². The molecule has 0 unspecified atom stereocenters. The number of rotatable bonds is 7. The van der Waals surface area contributed by atoms with Gasteiger partial charge in [-0.15, -0.1) is 0 Å². The number of ether oxygens (including phenoxy) is 2. The van der Waals surface area contributed by atoms with Gasteiger partial charge in [0.25, 0.3) is 0 Å². The maximum Gasteiger partial charge on any atom is 0.220 e. The fourth-order valence-electron chi connectivity index (χ4n) is 5.69. The van der Waals surface area contributed by atoms with Gasteiger partial charge in [0.1, 0.15) is 0 Å². The molecule has 5 nitrogen and oxygen atoms in total. The van der Waals surface area contributed by atoms with E-state index in [0.29, 0.717) is 54.4 Å². The van der Waals surface area contributed by atoms with Crippen LogP contribution in [0.1, 0.15) is 50.5 Å². The molecule has 4 aliphatic rings. The molecule has 1 amide bonds. The first-order valence-electron chi connectivity index (χ1n) is 10.2. The van der Waals surface area contributed by atoms with Crippen LogP contribution in [0.3, 0.4) is 0 Å². The molecule has 0 aromatic heterocycles. The van der Waals surface area contributed by atoms with Crippen molar-refractivity contribution in [1.29, 1.82) is 5.26 Å². The molecule has 0 aliphatic heterocycles. The highest BCUT2D eigenvalue weighted by atomic mass is 16.5. The van der Waals surface area contributed by atoms with Crippen LogP contribution in [0.5, 0.6) is 11.5 Å². The van der Waals surface area contributed by atoms with Crippen LogP contribution in [0.25, 0.3) is 0 Å². The van der Waals surface area contributed by atoms with Crippen LogP contribution >= 0.6 is 0 Å². The zero-order chi connectivity index (χ0) is 18.8. The van der Waals surface area contributed by atoms with E-state index in [1.165, 1.54) is 32.1 Å². The number of nitrogens with zero attached hydrogens (tertiary/aromatic N) is 1. The summed E-state index contributed by atoms with van der Waals surface area (Å²) in [7, 11) is 1.56. The minimum atomic E-state index is 0.155. The first-order chi connectivity index (χ1) is 13.2. The number of hydrogen-bond donors (Lipinski definition) is 1. The standard InChI is InChI=1S/C22H28N2O3/c1-26-20-12-14(13-23)4-5-19(20)27-6-2-3-21(25)24-22-17-8-15-7-16(10-17)11-18(22)9-15/h4-5,12,15-18,22H,2-3,6-11H2,1H3,(H,24,25). The number of amides is 1. The summed E-state index contributed by atoms with van der Waals surface area (Å²) in [6.45, 7) is 0.456. The van der Waals surface area contributed by atoms with E-state index in [-0.39, 0.29) is 5.91 Å². The molecular weight excluding hydrogens is 340 g/mol. The van der Waals surface area contributed by atoms with Crippen molar-refractivity contribution in [1.82, 2.24) is 5.32 Å². The molecule has 4 saturated carbocycles. The van der Waals surface area contributed by atoms with Crippen LogP contribution in [-0.2, 0) is 4.79 Å². The summed E-state index contributed by atoms with van der Waals surface area (Å²) >= 11 is 0. The number of nitrogens with one attached hydrogen (secondary N) is 1. The zero-order valence-electron chi connectivity index (χ0n) is 15.9. The second-order valence-corrected chi connectivity index (χ2v) is 8.45. The van der Waals surface area contributed by atoms with Gasteiger partial charge in [-0.1, -0.05) is 0 Å². The molecule has 5 heteroatoms. The minimum absolute atomic E-state index is 0.155. The predicted octanol–water partition coefficient (Wildman–Crippen LogP) is 3.67. The lowest BCUT2D eigenvalue weighted by Gasteiger charge is -2.54. The second-order valence-electron chi connectivity index (χ2n) is 8.45. The molecular formula is C22H28N2O3. The Morgan fingerprint density at radius 1 is 1.15 bits per heavy atom. The van der Waals surface area contributed by atoms with Gasteiger partial charge in [0.05, 0.1) is 25.3 Å². The summed E-state index contributed by atoms with van der Waals surface area (Å²) in [5.41, 5.74) is 0.536. The van der Waals surface area contributed by atoms with Crippen LogP contribution in [0.15, 0.2) is 18.2 Å². The quantitative estimate of drug-likeness (QED) is 0.746. The Morgan fingerprint density at radius 3 is 2.48 bits per heavy atom. The third-order valence-electron chi connectivity index (χ3n) is 6.65. The minimum Gasteiger partial charge on any atom is -0.493 e. The molecule has 4 bridgehead atoms. The predicted molar refractivity (Wildman–Crippen MR) is 101 cm³/mol. The molecule has 27 heavy (non-hydrogen) atoms. The molecule has 4 aliphatic carbocycles. The molecule has 0 saturated heterocycles. The smallest absolute Gasteiger partial charge is 0.220 e. The molecule has 4 fully saturated rings. The first kappa shape index (κ1) is 18.2. The lowest BCUT2D eigenvalue weighted by Crippen LogP contribution is -2.55. The van der Waals surface area contributed by atoms with E-state index < -0.39 is 0 Å². The lowest BCUT2D eigenvalue weighted by molar-refractivity contribution is -0.125. The van der Waals surface area contributed by atoms with Gasteiger partial charge in [0, 0.05) is 18.5 Å². The summed E-state index contributed by atoms with van der Waals surface area (Å²) in [5.74, 6) is 4.59. The monoisotopic (exact) mass is 368 g/mol. The highest BCUT2D eigenvalue weighted by Gasteiger charge is 2.48. The summed E-state index contributed by atoms with van der Waals surface area (Å²) in [6.07, 6.45) is 7.87. The van der Waals surface area contributed by atoms with E-state index in [4.69, 9.17) is 14.7 Å². The SMILES string of the molecule is COc1cc(C#N)ccc1OCCCC(=O)NC1C2CC3CC(C2)CC1C3. The number of benzene rings is 1. The maximum absolute atomic E-state index is 12.4. The highest BCUT2D eigenvalue weighted by molar-refractivity contribution is 5.76. The van der Waals surface area contributed by atoms with Crippen molar-refractivity contribution in [3.8, 4) is 17.6 Å². The average Bonchev–Trinajstić information content (AvgIpc) is 2.67. The van der Waals surface area contributed by atoms with Crippen molar-refractivity contribution in [3.05, 3.63) is 23.8 Å². The normalized spacial score (nSPS) is 30.6. The van der Waals surface area contributed by atoms with Crippen LogP contribution in [-0.4, -0.2) is 25.7 Å². The molecule has 5 rings (SSSR count). The average molecular weight is 368 g/mol. The van der Waals surface area contributed by atoms with Gasteiger partial charge in [0.2, 0.25) is 5.91 Å². The van der Waals surface area contributed by atoms with Crippen molar-refractivity contribution in [2.24, 2.45) is 23.7 Å². The molecule has 1 N–H and O–H groups in total. The Balaban J connectivity index is 1.22. The summed E-state index contributed by atoms with van der Waals surface area (Å²) in [5, 5.41) is 12.3. The van der Waals surface area contributed by atoms with Crippen molar-refractivity contribution in [2.75, 3.05) is 13.7 Å². The molecule has 0 heterocycles. The summed E-state index contributed by atoms with van der Waals surface area (Å²) in [4.78, 5) is 12.4. The van der Waals surface area contributed by atoms with E-state index >= 15 is 0 Å².